The molecule has 0 spiro atoms. The predicted octanol–water partition coefficient (Wildman–Crippen LogP) is 3.39. The van der Waals surface area contributed by atoms with Crippen LogP contribution in [0.5, 0.6) is 0 Å². The molecule has 1 aromatic carbocycles. The molecule has 1 aliphatic rings. The maximum Gasteiger partial charge on any atom is 0.142 e. The minimum atomic E-state index is -0.969. The topological polar surface area (TPSA) is 24.9 Å². The van der Waals surface area contributed by atoms with Crippen molar-refractivity contribution in [2.75, 3.05) is 6.54 Å². The average molecular weight is 244 g/mol. The second kappa shape index (κ2) is 5.02. The van der Waals surface area contributed by atoms with E-state index in [1.54, 1.807) is 12.4 Å². The molecule has 18 heavy (non-hydrogen) atoms. The van der Waals surface area contributed by atoms with Crippen LogP contribution in [0.1, 0.15) is 31.0 Å². The third kappa shape index (κ3) is 2.10. The molecule has 2 heterocycles. The molecule has 94 valence electrons. The first-order valence-electron chi connectivity index (χ1n) is 6.56. The number of rotatable bonds is 2. The number of hydrogen-bond acceptors (Lipinski definition) is 2. The molecule has 0 bridgehead atoms. The number of alkyl halides is 1. The lowest BCUT2D eigenvalue weighted by atomic mass is 9.94. The number of fused-ring (bicyclic) bond motifs is 1. The van der Waals surface area contributed by atoms with Gasteiger partial charge in [-0.05, 0) is 24.8 Å². The molecule has 2 nitrogen and oxygen atoms in total. The average Bonchev–Trinajstić information content (AvgIpc) is 2.47. The highest BCUT2D eigenvalue weighted by atomic mass is 19.1. The number of pyridine rings is 1. The number of nitrogens with zero attached hydrogens (tertiary/aromatic N) is 1. The summed E-state index contributed by atoms with van der Waals surface area (Å²) < 4.78 is 14.6. The van der Waals surface area contributed by atoms with Crippen molar-refractivity contribution in [1.29, 1.82) is 0 Å². The summed E-state index contributed by atoms with van der Waals surface area (Å²) in [4.78, 5) is 4.16. The van der Waals surface area contributed by atoms with E-state index < -0.39 is 6.17 Å². The molecule has 0 amide bonds. The Kier molecular flexibility index (Phi) is 3.24. The van der Waals surface area contributed by atoms with Crippen LogP contribution < -0.4 is 5.32 Å². The third-order valence-corrected chi connectivity index (χ3v) is 3.70. The van der Waals surface area contributed by atoms with Gasteiger partial charge in [-0.15, -0.1) is 0 Å². The largest absolute Gasteiger partial charge is 0.311 e. The Hall–Kier alpha value is -1.48. The first-order valence-corrected chi connectivity index (χ1v) is 6.56. The van der Waals surface area contributed by atoms with Gasteiger partial charge in [0, 0.05) is 29.4 Å². The molecular weight excluding hydrogens is 227 g/mol. The first-order chi connectivity index (χ1) is 8.86. The van der Waals surface area contributed by atoms with Gasteiger partial charge in [0.15, 0.2) is 0 Å². The standard InChI is InChI=1S/C15H17FN2/c16-15(14-7-3-4-8-18-14)13-10-17-9-11-5-1-2-6-12(11)13/h1-2,5-6,9-10,14-15,18H,3-4,7-8H2. The van der Waals surface area contributed by atoms with Crippen molar-refractivity contribution in [3.05, 3.63) is 42.2 Å². The SMILES string of the molecule is FC(c1cncc2ccccc12)C1CCCCN1. The lowest BCUT2D eigenvalue weighted by Gasteiger charge is -2.27. The monoisotopic (exact) mass is 244 g/mol. The summed E-state index contributed by atoms with van der Waals surface area (Å²) in [5.41, 5.74) is 0.715. The summed E-state index contributed by atoms with van der Waals surface area (Å²) in [7, 11) is 0. The zero-order valence-corrected chi connectivity index (χ0v) is 10.3. The van der Waals surface area contributed by atoms with Crippen LogP contribution in [0.15, 0.2) is 36.7 Å². The minimum Gasteiger partial charge on any atom is -0.311 e. The van der Waals surface area contributed by atoms with Gasteiger partial charge >= 0.3 is 0 Å². The van der Waals surface area contributed by atoms with Gasteiger partial charge in [0.2, 0.25) is 0 Å². The number of benzene rings is 1. The van der Waals surface area contributed by atoms with Gasteiger partial charge in [-0.2, -0.15) is 0 Å². The fourth-order valence-electron chi connectivity index (χ4n) is 2.70. The maximum atomic E-state index is 14.6. The lowest BCUT2D eigenvalue weighted by molar-refractivity contribution is 0.222. The Morgan fingerprint density at radius 3 is 2.94 bits per heavy atom. The van der Waals surface area contributed by atoms with E-state index in [9.17, 15) is 4.39 Å². The summed E-state index contributed by atoms with van der Waals surface area (Å²) in [6, 6.07) is 7.80. The van der Waals surface area contributed by atoms with Gasteiger partial charge in [0.05, 0.1) is 0 Å². The summed E-state index contributed by atoms with van der Waals surface area (Å²) in [5, 5.41) is 5.27. The number of halogens is 1. The Morgan fingerprint density at radius 1 is 1.22 bits per heavy atom. The van der Waals surface area contributed by atoms with Crippen molar-refractivity contribution in [2.45, 2.75) is 31.5 Å². The lowest BCUT2D eigenvalue weighted by Crippen LogP contribution is -2.37. The van der Waals surface area contributed by atoms with E-state index in [0.717, 1.165) is 36.6 Å². The molecule has 1 aliphatic heterocycles. The third-order valence-electron chi connectivity index (χ3n) is 3.70. The molecule has 1 fully saturated rings. The fourth-order valence-corrected chi connectivity index (χ4v) is 2.70. The molecular formula is C15H17FN2. The van der Waals surface area contributed by atoms with Crippen molar-refractivity contribution in [3.63, 3.8) is 0 Å². The molecule has 1 N–H and O–H groups in total. The molecule has 2 aromatic rings. The maximum absolute atomic E-state index is 14.6. The van der Waals surface area contributed by atoms with Crippen molar-refractivity contribution in [3.8, 4) is 0 Å². The highest BCUT2D eigenvalue weighted by molar-refractivity contribution is 5.85. The summed E-state index contributed by atoms with van der Waals surface area (Å²) in [6.45, 7) is 0.920. The van der Waals surface area contributed by atoms with E-state index in [0.29, 0.717) is 5.56 Å². The Balaban J connectivity index is 1.97. The highest BCUT2D eigenvalue weighted by Gasteiger charge is 2.25. The van der Waals surface area contributed by atoms with Crippen molar-refractivity contribution in [2.24, 2.45) is 0 Å². The molecule has 0 saturated carbocycles. The fraction of sp³-hybridized carbons (Fsp3) is 0.400. The van der Waals surface area contributed by atoms with Crippen LogP contribution in [0.3, 0.4) is 0 Å². The van der Waals surface area contributed by atoms with E-state index in [-0.39, 0.29) is 6.04 Å². The molecule has 3 rings (SSSR count). The van der Waals surface area contributed by atoms with Crippen molar-refractivity contribution in [1.82, 2.24) is 10.3 Å². The number of aromatic nitrogens is 1. The smallest absolute Gasteiger partial charge is 0.142 e. The van der Waals surface area contributed by atoms with Gasteiger partial charge < -0.3 is 5.32 Å². The Bertz CT molecular complexity index is 530. The second-order valence-electron chi connectivity index (χ2n) is 4.91. The first kappa shape index (κ1) is 11.6. The Morgan fingerprint density at radius 2 is 2.11 bits per heavy atom. The second-order valence-corrected chi connectivity index (χ2v) is 4.91. The van der Waals surface area contributed by atoms with E-state index in [1.165, 1.54) is 0 Å². The quantitative estimate of drug-likeness (QED) is 0.876. The number of nitrogens with one attached hydrogen (secondary N) is 1. The molecule has 2 atom stereocenters. The minimum absolute atomic E-state index is 0.0636. The molecule has 0 aliphatic carbocycles. The zero-order valence-electron chi connectivity index (χ0n) is 10.3. The van der Waals surface area contributed by atoms with Crippen LogP contribution in [-0.4, -0.2) is 17.6 Å². The van der Waals surface area contributed by atoms with E-state index in [4.69, 9.17) is 0 Å². The van der Waals surface area contributed by atoms with Crippen molar-refractivity contribution >= 4 is 10.8 Å². The van der Waals surface area contributed by atoms with Crippen LogP contribution in [-0.2, 0) is 0 Å². The predicted molar refractivity (Wildman–Crippen MR) is 71.2 cm³/mol. The molecule has 1 saturated heterocycles. The van der Waals surface area contributed by atoms with Crippen LogP contribution in [0.2, 0.25) is 0 Å². The molecule has 3 heteroatoms. The summed E-state index contributed by atoms with van der Waals surface area (Å²) >= 11 is 0. The summed E-state index contributed by atoms with van der Waals surface area (Å²) in [5.74, 6) is 0. The van der Waals surface area contributed by atoms with Crippen LogP contribution in [0, 0.1) is 0 Å². The summed E-state index contributed by atoms with van der Waals surface area (Å²) in [6.07, 6.45) is 5.66. The molecule has 2 unspecified atom stereocenters. The van der Waals surface area contributed by atoms with Crippen LogP contribution >= 0.6 is 0 Å². The van der Waals surface area contributed by atoms with Crippen molar-refractivity contribution < 1.29 is 4.39 Å². The van der Waals surface area contributed by atoms with Gasteiger partial charge in [-0.3, -0.25) is 4.98 Å². The van der Waals surface area contributed by atoms with Gasteiger partial charge in [0.1, 0.15) is 6.17 Å². The number of piperidine rings is 1. The Labute approximate surface area is 106 Å². The van der Waals surface area contributed by atoms with E-state index >= 15 is 0 Å². The van der Waals surface area contributed by atoms with Gasteiger partial charge in [-0.1, -0.05) is 30.7 Å². The van der Waals surface area contributed by atoms with Crippen LogP contribution in [0.25, 0.3) is 10.8 Å². The normalized spacial score (nSPS) is 21.9. The molecule has 0 radical (unpaired) electrons. The van der Waals surface area contributed by atoms with Gasteiger partial charge in [-0.25, -0.2) is 4.39 Å². The zero-order chi connectivity index (χ0) is 12.4. The van der Waals surface area contributed by atoms with E-state index in [1.807, 2.05) is 24.3 Å². The van der Waals surface area contributed by atoms with Crippen LogP contribution in [0.4, 0.5) is 4.39 Å². The van der Waals surface area contributed by atoms with Gasteiger partial charge in [0.25, 0.3) is 0 Å². The number of hydrogen-bond donors (Lipinski definition) is 1. The van der Waals surface area contributed by atoms with E-state index in [2.05, 4.69) is 10.3 Å². The highest BCUT2D eigenvalue weighted by Crippen LogP contribution is 2.30. The molecule has 1 aromatic heterocycles.